The third-order valence-electron chi connectivity index (χ3n) is 4.17. The molecule has 5 N–H and O–H groups in total. The quantitative estimate of drug-likeness (QED) is 0.408. The lowest BCUT2D eigenvalue weighted by Crippen LogP contribution is -2.39. The molecular formula is C14H20N6O5. The average Bonchev–Trinajstić information content (AvgIpc) is 3.30. The Balaban J connectivity index is 1.60. The molecule has 0 aliphatic heterocycles. The van der Waals surface area contributed by atoms with Gasteiger partial charge in [-0.3, -0.25) is 19.1 Å². The molecule has 1 unspecified atom stereocenters. The van der Waals surface area contributed by atoms with Crippen LogP contribution in [0.4, 0.5) is 5.95 Å². The van der Waals surface area contributed by atoms with Crippen LogP contribution in [0.2, 0.25) is 0 Å². The van der Waals surface area contributed by atoms with Crippen molar-refractivity contribution >= 4 is 23.1 Å². The highest BCUT2D eigenvalue weighted by molar-refractivity contribution is 5.84. The van der Waals surface area contributed by atoms with E-state index in [2.05, 4.69) is 20.3 Å². The Morgan fingerprint density at radius 2 is 2.36 bits per heavy atom. The SMILES string of the molecule is CNC1(C(=O)OCC(CO)OCn2cnc3c(=O)[nH]c(N)nc32)CC1. The van der Waals surface area contributed by atoms with Crippen LogP contribution >= 0.6 is 0 Å². The summed E-state index contributed by atoms with van der Waals surface area (Å²) in [6, 6.07) is 0. The fourth-order valence-corrected chi connectivity index (χ4v) is 2.39. The zero-order valence-corrected chi connectivity index (χ0v) is 13.7. The molecule has 11 heteroatoms. The average molecular weight is 352 g/mol. The number of esters is 1. The van der Waals surface area contributed by atoms with Gasteiger partial charge in [0.2, 0.25) is 5.95 Å². The van der Waals surface area contributed by atoms with Gasteiger partial charge in [0.05, 0.1) is 12.9 Å². The summed E-state index contributed by atoms with van der Waals surface area (Å²) < 4.78 is 12.2. The number of carbonyl (C=O) groups excluding carboxylic acids is 1. The number of aliphatic hydroxyl groups excluding tert-OH is 1. The van der Waals surface area contributed by atoms with Gasteiger partial charge in [0.1, 0.15) is 25.0 Å². The summed E-state index contributed by atoms with van der Waals surface area (Å²) in [5.74, 6) is -0.389. The molecule has 3 rings (SSSR count). The maximum Gasteiger partial charge on any atom is 0.326 e. The Bertz CT molecular complexity index is 827. The Morgan fingerprint density at radius 1 is 1.60 bits per heavy atom. The molecule has 0 aromatic carbocycles. The monoisotopic (exact) mass is 352 g/mol. The van der Waals surface area contributed by atoms with Crippen molar-refractivity contribution in [2.45, 2.75) is 31.2 Å². The fourth-order valence-electron chi connectivity index (χ4n) is 2.39. The minimum Gasteiger partial charge on any atom is -0.461 e. The van der Waals surface area contributed by atoms with Gasteiger partial charge in [-0.15, -0.1) is 0 Å². The number of aromatic nitrogens is 4. The molecule has 0 amide bonds. The number of anilines is 1. The third kappa shape index (κ3) is 3.48. The zero-order chi connectivity index (χ0) is 18.0. The molecule has 1 aliphatic carbocycles. The molecule has 1 fully saturated rings. The van der Waals surface area contributed by atoms with Crippen LogP contribution in [0.25, 0.3) is 11.2 Å². The highest BCUT2D eigenvalue weighted by atomic mass is 16.6. The van der Waals surface area contributed by atoms with Crippen molar-refractivity contribution in [3.63, 3.8) is 0 Å². The van der Waals surface area contributed by atoms with Crippen LogP contribution in [0.5, 0.6) is 0 Å². The summed E-state index contributed by atoms with van der Waals surface area (Å²) in [4.78, 5) is 34.0. The van der Waals surface area contributed by atoms with Crippen molar-refractivity contribution in [1.82, 2.24) is 24.8 Å². The van der Waals surface area contributed by atoms with Crippen molar-refractivity contribution in [3.05, 3.63) is 16.7 Å². The number of nitrogens with zero attached hydrogens (tertiary/aromatic N) is 3. The van der Waals surface area contributed by atoms with E-state index in [9.17, 15) is 14.7 Å². The number of imidazole rings is 1. The molecular weight excluding hydrogens is 332 g/mol. The van der Waals surface area contributed by atoms with Crippen molar-refractivity contribution in [2.75, 3.05) is 26.0 Å². The first kappa shape index (κ1) is 17.3. The third-order valence-corrected chi connectivity index (χ3v) is 4.17. The number of nitrogens with two attached hydrogens (primary N) is 1. The van der Waals surface area contributed by atoms with Crippen LogP contribution in [0.3, 0.4) is 0 Å². The number of aromatic amines is 1. The number of rotatable bonds is 8. The van der Waals surface area contributed by atoms with E-state index in [0.29, 0.717) is 0 Å². The molecule has 136 valence electrons. The van der Waals surface area contributed by atoms with Gasteiger partial charge in [0.25, 0.3) is 5.56 Å². The second-order valence-corrected chi connectivity index (χ2v) is 5.87. The topological polar surface area (TPSA) is 157 Å². The largest absolute Gasteiger partial charge is 0.461 e. The lowest BCUT2D eigenvalue weighted by Gasteiger charge is -2.18. The molecule has 2 aromatic heterocycles. The Hall–Kier alpha value is -2.50. The lowest BCUT2D eigenvalue weighted by atomic mass is 10.3. The number of carbonyl (C=O) groups is 1. The minimum absolute atomic E-state index is 0.0336. The van der Waals surface area contributed by atoms with Gasteiger partial charge in [-0.1, -0.05) is 0 Å². The summed E-state index contributed by atoms with van der Waals surface area (Å²) in [7, 11) is 1.71. The van der Waals surface area contributed by atoms with Crippen LogP contribution < -0.4 is 16.6 Å². The lowest BCUT2D eigenvalue weighted by molar-refractivity contribution is -0.154. The number of likely N-dealkylation sites (N-methyl/N-ethyl adjacent to an activating group) is 1. The fraction of sp³-hybridized carbons (Fsp3) is 0.571. The highest BCUT2D eigenvalue weighted by Gasteiger charge is 2.50. The van der Waals surface area contributed by atoms with Gasteiger partial charge in [0, 0.05) is 0 Å². The van der Waals surface area contributed by atoms with Crippen LogP contribution in [-0.4, -0.2) is 62.5 Å². The van der Waals surface area contributed by atoms with Gasteiger partial charge in [-0.25, -0.2) is 4.98 Å². The first-order valence-corrected chi connectivity index (χ1v) is 7.78. The van der Waals surface area contributed by atoms with Crippen LogP contribution in [0.1, 0.15) is 12.8 Å². The smallest absolute Gasteiger partial charge is 0.326 e. The number of nitrogens with one attached hydrogen (secondary N) is 2. The van der Waals surface area contributed by atoms with E-state index >= 15 is 0 Å². The molecule has 0 radical (unpaired) electrons. The molecule has 2 aromatic rings. The van der Waals surface area contributed by atoms with Crippen LogP contribution in [-0.2, 0) is 21.0 Å². The first-order valence-electron chi connectivity index (χ1n) is 7.78. The number of nitrogen functional groups attached to an aromatic ring is 1. The molecule has 1 aliphatic rings. The van der Waals surface area contributed by atoms with E-state index in [-0.39, 0.29) is 43.0 Å². The maximum atomic E-state index is 12.0. The molecule has 2 heterocycles. The predicted molar refractivity (Wildman–Crippen MR) is 86.5 cm³/mol. The van der Waals surface area contributed by atoms with E-state index in [1.807, 2.05) is 0 Å². The van der Waals surface area contributed by atoms with E-state index in [0.717, 1.165) is 12.8 Å². The maximum absolute atomic E-state index is 12.0. The molecule has 25 heavy (non-hydrogen) atoms. The van der Waals surface area contributed by atoms with Crippen molar-refractivity contribution in [2.24, 2.45) is 0 Å². The van der Waals surface area contributed by atoms with Gasteiger partial charge in [0.15, 0.2) is 11.2 Å². The van der Waals surface area contributed by atoms with E-state index in [1.54, 1.807) is 7.05 Å². The summed E-state index contributed by atoms with van der Waals surface area (Å²) >= 11 is 0. The van der Waals surface area contributed by atoms with Crippen molar-refractivity contribution in [1.29, 1.82) is 0 Å². The Labute approximate surface area is 142 Å². The highest BCUT2D eigenvalue weighted by Crippen LogP contribution is 2.36. The predicted octanol–water partition coefficient (Wildman–Crippen LogP) is -1.67. The van der Waals surface area contributed by atoms with Gasteiger partial charge in [-0.05, 0) is 19.9 Å². The Morgan fingerprint density at radius 3 is 3.00 bits per heavy atom. The molecule has 1 saturated carbocycles. The first-order chi connectivity index (χ1) is 12.0. The second-order valence-electron chi connectivity index (χ2n) is 5.87. The number of aliphatic hydroxyl groups is 1. The van der Waals surface area contributed by atoms with Crippen LogP contribution in [0, 0.1) is 0 Å². The second kappa shape index (κ2) is 6.78. The van der Waals surface area contributed by atoms with Crippen molar-refractivity contribution < 1.29 is 19.4 Å². The van der Waals surface area contributed by atoms with Crippen LogP contribution in [0.15, 0.2) is 11.1 Å². The molecule has 1 atom stereocenters. The summed E-state index contributed by atoms with van der Waals surface area (Å²) in [6.07, 6.45) is 2.13. The number of hydrogen-bond donors (Lipinski definition) is 4. The summed E-state index contributed by atoms with van der Waals surface area (Å²) in [5, 5.41) is 12.3. The number of ether oxygens (including phenoxy) is 2. The van der Waals surface area contributed by atoms with E-state index < -0.39 is 17.2 Å². The van der Waals surface area contributed by atoms with E-state index in [4.69, 9.17) is 15.2 Å². The number of hydrogen-bond acceptors (Lipinski definition) is 9. The molecule has 11 nitrogen and oxygen atoms in total. The summed E-state index contributed by atoms with van der Waals surface area (Å²) in [6.45, 7) is -0.448. The molecule has 0 saturated heterocycles. The molecule has 0 bridgehead atoms. The van der Waals surface area contributed by atoms with Gasteiger partial charge >= 0.3 is 5.97 Å². The van der Waals surface area contributed by atoms with E-state index in [1.165, 1.54) is 10.9 Å². The molecule has 0 spiro atoms. The minimum atomic E-state index is -0.714. The summed E-state index contributed by atoms with van der Waals surface area (Å²) in [5.41, 5.74) is 4.88. The van der Waals surface area contributed by atoms with Gasteiger partial charge in [-0.2, -0.15) is 4.98 Å². The standard InChI is InChI=1S/C14H20N6O5/c1-16-14(2-3-14)12(23)24-5-8(4-21)25-7-20-6-17-9-10(20)18-13(15)19-11(9)22/h6,8,16,21H,2-5,7H2,1H3,(H3,15,18,19,22). The number of fused-ring (bicyclic) bond motifs is 1. The normalized spacial score (nSPS) is 16.7. The number of H-pyrrole nitrogens is 1. The van der Waals surface area contributed by atoms with Gasteiger partial charge < -0.3 is 25.6 Å². The zero-order valence-electron chi connectivity index (χ0n) is 13.7. The van der Waals surface area contributed by atoms with Crippen molar-refractivity contribution in [3.8, 4) is 0 Å². The Kier molecular flexibility index (Phi) is 4.70.